The number of unbranched alkanes of at least 4 members (excludes halogenated alkanes) is 1. The van der Waals surface area contributed by atoms with E-state index in [-0.39, 0.29) is 25.4 Å². The highest BCUT2D eigenvalue weighted by atomic mass is 16.5. The molecule has 0 unspecified atom stereocenters. The normalized spacial score (nSPS) is 14.3. The summed E-state index contributed by atoms with van der Waals surface area (Å²) in [5.41, 5.74) is 2.53. The number of aliphatic hydroxyl groups excluding tert-OH is 2. The third kappa shape index (κ3) is 11.7. The number of hydrogen-bond acceptors (Lipinski definition) is 6. The molecule has 9 heteroatoms. The highest BCUT2D eigenvalue weighted by molar-refractivity contribution is 5.92. The van der Waals surface area contributed by atoms with Gasteiger partial charge in [-0.1, -0.05) is 137 Å². The van der Waals surface area contributed by atoms with Gasteiger partial charge < -0.3 is 30.9 Å². The lowest BCUT2D eigenvalue weighted by atomic mass is 9.92. The molecule has 0 bridgehead atoms. The maximum absolute atomic E-state index is 14.0. The molecule has 50 heavy (non-hydrogen) atoms. The summed E-state index contributed by atoms with van der Waals surface area (Å²) in [5.74, 6) is -0.881. The van der Waals surface area contributed by atoms with Gasteiger partial charge >= 0.3 is 6.09 Å². The zero-order valence-electron chi connectivity index (χ0n) is 29.3. The van der Waals surface area contributed by atoms with Crippen molar-refractivity contribution in [1.82, 2.24) is 16.0 Å². The van der Waals surface area contributed by atoms with E-state index in [9.17, 15) is 24.6 Å². The minimum absolute atomic E-state index is 0.0342. The predicted molar refractivity (Wildman–Crippen MR) is 196 cm³/mol. The van der Waals surface area contributed by atoms with E-state index < -0.39 is 48.2 Å². The number of carbonyl (C=O) groups is 3. The quantitative estimate of drug-likeness (QED) is 0.0895. The van der Waals surface area contributed by atoms with Crippen molar-refractivity contribution in [2.45, 2.75) is 96.2 Å². The number of rotatable bonds is 18. The number of amides is 3. The number of fused-ring (bicyclic) bond motifs is 1. The molecule has 0 aliphatic heterocycles. The minimum atomic E-state index is -1.23. The van der Waals surface area contributed by atoms with Crippen molar-refractivity contribution < 1.29 is 29.3 Å². The zero-order chi connectivity index (χ0) is 35.9. The van der Waals surface area contributed by atoms with Crippen molar-refractivity contribution in [3.8, 4) is 0 Å². The standard InChI is InChI=1S/C41H51N3O6/c1-4-5-23-34(39(47)43-35(24-28(2)3)38(46)37(45)25-29-15-8-6-9-16-29)42-40(48)36(44-41(49)50-27-30-17-10-7-11-18-30)26-32-21-14-20-31-19-12-13-22-33(31)32/h6-22,28,34-38,45-46H,4-5,23-27H2,1-3H3,(H,42,48)(H,43,47)(H,44,49)/t34-,35-,36-,37-,38+/m0/s1. The molecule has 0 heterocycles. The highest BCUT2D eigenvalue weighted by Crippen LogP contribution is 2.21. The third-order valence-electron chi connectivity index (χ3n) is 8.75. The van der Waals surface area contributed by atoms with E-state index in [2.05, 4.69) is 16.0 Å². The van der Waals surface area contributed by atoms with Gasteiger partial charge in [0.15, 0.2) is 0 Å². The van der Waals surface area contributed by atoms with Crippen LogP contribution in [-0.2, 0) is 33.8 Å². The number of alkyl carbamates (subject to hydrolysis) is 1. The van der Waals surface area contributed by atoms with Crippen LogP contribution in [-0.4, -0.2) is 58.5 Å². The van der Waals surface area contributed by atoms with Crippen LogP contribution in [0.3, 0.4) is 0 Å². The maximum atomic E-state index is 14.0. The van der Waals surface area contributed by atoms with Crippen LogP contribution in [0.1, 0.15) is 63.1 Å². The second kappa shape index (κ2) is 19.5. The number of benzene rings is 4. The first-order valence-corrected chi connectivity index (χ1v) is 17.6. The Morgan fingerprint density at radius 1 is 0.700 bits per heavy atom. The summed E-state index contributed by atoms with van der Waals surface area (Å²) < 4.78 is 5.47. The van der Waals surface area contributed by atoms with Crippen LogP contribution in [0.2, 0.25) is 0 Å². The number of carbonyl (C=O) groups excluding carboxylic acids is 3. The molecule has 3 amide bonds. The van der Waals surface area contributed by atoms with E-state index in [0.717, 1.165) is 33.9 Å². The first kappa shape index (κ1) is 38.1. The number of nitrogens with one attached hydrogen (secondary N) is 3. The molecule has 5 N–H and O–H groups in total. The summed E-state index contributed by atoms with van der Waals surface area (Å²) in [6, 6.07) is 29.5. The van der Waals surface area contributed by atoms with Gasteiger partial charge in [-0.3, -0.25) is 9.59 Å². The van der Waals surface area contributed by atoms with Crippen LogP contribution in [0.15, 0.2) is 103 Å². The monoisotopic (exact) mass is 681 g/mol. The average Bonchev–Trinajstić information content (AvgIpc) is 3.12. The number of aliphatic hydroxyl groups is 2. The van der Waals surface area contributed by atoms with Gasteiger partial charge in [0, 0.05) is 12.8 Å². The Morgan fingerprint density at radius 2 is 1.32 bits per heavy atom. The molecule has 4 aromatic carbocycles. The first-order valence-electron chi connectivity index (χ1n) is 17.6. The Hall–Kier alpha value is -4.73. The van der Waals surface area contributed by atoms with Gasteiger partial charge in [-0.25, -0.2) is 4.79 Å². The fraction of sp³-hybridized carbons (Fsp3) is 0.390. The lowest BCUT2D eigenvalue weighted by Crippen LogP contribution is -2.57. The Morgan fingerprint density at radius 3 is 2.00 bits per heavy atom. The molecule has 0 spiro atoms. The summed E-state index contributed by atoms with van der Waals surface area (Å²) in [7, 11) is 0. The number of ether oxygens (including phenoxy) is 1. The van der Waals surface area contributed by atoms with E-state index >= 15 is 0 Å². The van der Waals surface area contributed by atoms with Crippen molar-refractivity contribution in [3.63, 3.8) is 0 Å². The topological polar surface area (TPSA) is 137 Å². The fourth-order valence-corrected chi connectivity index (χ4v) is 6.08. The molecule has 5 atom stereocenters. The van der Waals surface area contributed by atoms with E-state index in [0.29, 0.717) is 19.3 Å². The maximum Gasteiger partial charge on any atom is 0.408 e. The molecule has 0 aliphatic carbocycles. The van der Waals surface area contributed by atoms with Gasteiger partial charge in [0.25, 0.3) is 0 Å². The molecule has 0 saturated carbocycles. The fourth-order valence-electron chi connectivity index (χ4n) is 6.08. The number of hydrogen-bond donors (Lipinski definition) is 5. The molecule has 9 nitrogen and oxygen atoms in total. The van der Waals surface area contributed by atoms with Crippen LogP contribution in [0.25, 0.3) is 10.8 Å². The molecule has 266 valence electrons. The molecule has 0 aliphatic rings. The Balaban J connectivity index is 1.52. The molecule has 0 aromatic heterocycles. The second-order valence-electron chi connectivity index (χ2n) is 13.3. The van der Waals surface area contributed by atoms with Crippen LogP contribution >= 0.6 is 0 Å². The molecular formula is C41H51N3O6. The lowest BCUT2D eigenvalue weighted by molar-refractivity contribution is -0.131. The molecular weight excluding hydrogens is 630 g/mol. The molecule has 0 radical (unpaired) electrons. The summed E-state index contributed by atoms with van der Waals surface area (Å²) in [5, 5.41) is 32.7. The van der Waals surface area contributed by atoms with Crippen molar-refractivity contribution in [2.24, 2.45) is 5.92 Å². The van der Waals surface area contributed by atoms with Crippen molar-refractivity contribution in [2.75, 3.05) is 0 Å². The zero-order valence-corrected chi connectivity index (χ0v) is 29.3. The van der Waals surface area contributed by atoms with E-state index in [4.69, 9.17) is 4.74 Å². The van der Waals surface area contributed by atoms with Gasteiger partial charge in [-0.2, -0.15) is 0 Å². The second-order valence-corrected chi connectivity index (χ2v) is 13.3. The Labute approximate surface area is 295 Å². The summed E-state index contributed by atoms with van der Waals surface area (Å²) in [6.45, 7) is 5.99. The van der Waals surface area contributed by atoms with Crippen LogP contribution < -0.4 is 16.0 Å². The van der Waals surface area contributed by atoms with Crippen molar-refractivity contribution in [3.05, 3.63) is 120 Å². The molecule has 4 rings (SSSR count). The van der Waals surface area contributed by atoms with E-state index in [1.165, 1.54) is 0 Å². The molecule has 0 saturated heterocycles. The third-order valence-corrected chi connectivity index (χ3v) is 8.75. The summed E-state index contributed by atoms with van der Waals surface area (Å²) >= 11 is 0. The van der Waals surface area contributed by atoms with Gasteiger partial charge in [0.2, 0.25) is 11.8 Å². The Kier molecular flexibility index (Phi) is 14.8. The lowest BCUT2D eigenvalue weighted by Gasteiger charge is -2.31. The van der Waals surface area contributed by atoms with Crippen LogP contribution in [0, 0.1) is 5.92 Å². The SMILES string of the molecule is CCCC[C@H](NC(=O)[C@H](Cc1cccc2ccccc12)NC(=O)OCc1ccccc1)C(=O)N[C@@H](CC(C)C)[C@@H](O)[C@@H](O)Cc1ccccc1. The van der Waals surface area contributed by atoms with Gasteiger partial charge in [0.05, 0.1) is 12.1 Å². The van der Waals surface area contributed by atoms with Crippen LogP contribution in [0.4, 0.5) is 4.79 Å². The van der Waals surface area contributed by atoms with Crippen LogP contribution in [0.5, 0.6) is 0 Å². The largest absolute Gasteiger partial charge is 0.445 e. The predicted octanol–water partition coefficient (Wildman–Crippen LogP) is 5.85. The van der Waals surface area contributed by atoms with E-state index in [1.807, 2.05) is 124 Å². The molecule has 0 fully saturated rings. The van der Waals surface area contributed by atoms with Gasteiger partial charge in [-0.15, -0.1) is 0 Å². The van der Waals surface area contributed by atoms with Gasteiger partial charge in [0.1, 0.15) is 24.8 Å². The summed E-state index contributed by atoms with van der Waals surface area (Å²) in [4.78, 5) is 40.9. The van der Waals surface area contributed by atoms with Crippen molar-refractivity contribution in [1.29, 1.82) is 0 Å². The first-order chi connectivity index (χ1) is 24.1. The summed E-state index contributed by atoms with van der Waals surface area (Å²) in [6.07, 6.45) is -0.484. The van der Waals surface area contributed by atoms with Gasteiger partial charge in [-0.05, 0) is 46.2 Å². The highest BCUT2D eigenvalue weighted by Gasteiger charge is 2.33. The Bertz CT molecular complexity index is 1640. The average molecular weight is 682 g/mol. The minimum Gasteiger partial charge on any atom is -0.445 e. The smallest absolute Gasteiger partial charge is 0.408 e. The van der Waals surface area contributed by atoms with E-state index in [1.54, 1.807) is 0 Å². The van der Waals surface area contributed by atoms with Crippen molar-refractivity contribution >= 4 is 28.7 Å². The molecule has 4 aromatic rings.